The van der Waals surface area contributed by atoms with E-state index in [9.17, 15) is 18.4 Å². The van der Waals surface area contributed by atoms with E-state index in [1.54, 1.807) is 24.3 Å². The van der Waals surface area contributed by atoms with Gasteiger partial charge in [-0.3, -0.25) is 9.00 Å². The number of benzene rings is 2. The molecule has 3 aromatic rings. The Morgan fingerprint density at radius 1 is 1.06 bits per heavy atom. The van der Waals surface area contributed by atoms with E-state index in [1.807, 2.05) is 44.2 Å². The largest absolute Gasteiger partial charge is 0.755 e. The molecule has 3 atom stereocenters. The fourth-order valence-corrected chi connectivity index (χ4v) is 5.09. The Kier molecular flexibility index (Phi) is 9.97. The van der Waals surface area contributed by atoms with Gasteiger partial charge in [0.1, 0.15) is 11.0 Å². The smallest absolute Gasteiger partial charge is 0.407 e. The van der Waals surface area contributed by atoms with Gasteiger partial charge >= 0.3 is 6.09 Å². The van der Waals surface area contributed by atoms with Gasteiger partial charge in [-0.2, -0.15) is 0 Å². The molecule has 192 valence electrons. The van der Waals surface area contributed by atoms with Gasteiger partial charge in [-0.15, -0.1) is 11.3 Å². The van der Waals surface area contributed by atoms with Gasteiger partial charge in [0, 0.05) is 28.3 Å². The van der Waals surface area contributed by atoms with Crippen molar-refractivity contribution in [1.82, 2.24) is 15.6 Å². The lowest BCUT2D eigenvalue weighted by atomic mass is 10.0. The summed E-state index contributed by atoms with van der Waals surface area (Å²) >= 11 is -0.889. The molecule has 2 amide bonds. The average Bonchev–Trinajstić information content (AvgIpc) is 3.25. The molecule has 0 saturated carbocycles. The number of alkyl carbamates (subject to hydrolysis) is 1. The first-order valence-electron chi connectivity index (χ1n) is 11.4. The molecule has 0 fully saturated rings. The van der Waals surface area contributed by atoms with Crippen LogP contribution >= 0.6 is 11.3 Å². The molecular weight excluding hydrogens is 500 g/mol. The highest BCUT2D eigenvalue weighted by molar-refractivity contribution is 7.80. The molecule has 11 heteroatoms. The molecule has 36 heavy (non-hydrogen) atoms. The van der Waals surface area contributed by atoms with Crippen molar-refractivity contribution in [3.05, 3.63) is 81.3 Å². The Balaban J connectivity index is 1.85. The van der Waals surface area contributed by atoms with E-state index < -0.39 is 29.4 Å². The molecule has 1 aromatic heterocycles. The van der Waals surface area contributed by atoms with E-state index >= 15 is 0 Å². The third-order valence-electron chi connectivity index (χ3n) is 5.53. The maximum atomic E-state index is 13.4. The van der Waals surface area contributed by atoms with E-state index in [0.29, 0.717) is 12.1 Å². The number of hydrogen-bond acceptors (Lipinski definition) is 7. The molecule has 0 aliphatic carbocycles. The molecule has 0 aliphatic heterocycles. The lowest BCUT2D eigenvalue weighted by molar-refractivity contribution is -0.123. The molecule has 9 nitrogen and oxygen atoms in total. The van der Waals surface area contributed by atoms with Gasteiger partial charge in [0.15, 0.2) is 0 Å². The Morgan fingerprint density at radius 2 is 1.72 bits per heavy atom. The van der Waals surface area contributed by atoms with Gasteiger partial charge in [0.25, 0.3) is 0 Å². The Hall–Kier alpha value is -3.28. The second-order valence-corrected chi connectivity index (χ2v) is 9.99. The first kappa shape index (κ1) is 27.3. The van der Waals surface area contributed by atoms with Gasteiger partial charge < -0.3 is 24.6 Å². The highest BCUT2D eigenvalue weighted by Crippen LogP contribution is 2.27. The minimum absolute atomic E-state index is 0.290. The van der Waals surface area contributed by atoms with E-state index in [2.05, 4.69) is 15.4 Å². The Labute approximate surface area is 217 Å². The number of ether oxygens (including phenoxy) is 1. The quantitative estimate of drug-likeness (QED) is 0.325. The molecule has 2 aromatic carbocycles. The summed E-state index contributed by atoms with van der Waals surface area (Å²) in [5.74, 6) is -0.361. The first-order valence-corrected chi connectivity index (χ1v) is 13.3. The number of aryl methyl sites for hydroxylation is 2. The van der Waals surface area contributed by atoms with Crippen molar-refractivity contribution < 1.29 is 23.1 Å². The second-order valence-electron chi connectivity index (χ2n) is 8.09. The zero-order chi connectivity index (χ0) is 26.1. The van der Waals surface area contributed by atoms with Gasteiger partial charge in [0.05, 0.1) is 18.8 Å². The number of nitrogens with one attached hydrogen (secondary N) is 3. The fraction of sp³-hybridized carbons (Fsp3) is 0.320. The standard InChI is InChI=1S/C25H30N4O5S2/c1-4-20-16(2)35-24(27-20)22(15-18-10-12-19(13-11-18)29-36(32)33)26-23(30)21(28-25(31)34-3)14-17-8-6-5-7-9-17/h5-13,21-22,29H,4,14-15H2,1-3H3,(H,26,30)(H,28,31)(H,32,33)/p-1/t21-,22-/m0/s1. The average molecular weight is 530 g/mol. The number of hydrogen-bond donors (Lipinski definition) is 3. The highest BCUT2D eigenvalue weighted by Gasteiger charge is 2.27. The van der Waals surface area contributed by atoms with Crippen LogP contribution < -0.4 is 15.4 Å². The molecule has 3 N–H and O–H groups in total. The van der Waals surface area contributed by atoms with E-state index in [0.717, 1.165) is 33.1 Å². The Morgan fingerprint density at radius 3 is 2.31 bits per heavy atom. The summed E-state index contributed by atoms with van der Waals surface area (Å²) in [4.78, 5) is 31.2. The van der Waals surface area contributed by atoms with Crippen molar-refractivity contribution in [1.29, 1.82) is 0 Å². The van der Waals surface area contributed by atoms with Gasteiger partial charge in [-0.1, -0.05) is 49.4 Å². The summed E-state index contributed by atoms with van der Waals surface area (Å²) in [5, 5.41) is 6.46. The van der Waals surface area contributed by atoms with Crippen LogP contribution in [0.4, 0.5) is 10.5 Å². The number of carbonyl (C=O) groups is 2. The van der Waals surface area contributed by atoms with Crippen molar-refractivity contribution in [3.63, 3.8) is 0 Å². The monoisotopic (exact) mass is 529 g/mol. The van der Waals surface area contributed by atoms with Crippen molar-refractivity contribution in [3.8, 4) is 0 Å². The number of amides is 2. The summed E-state index contributed by atoms with van der Waals surface area (Å²) in [5.41, 5.74) is 3.19. The van der Waals surface area contributed by atoms with Crippen molar-refractivity contribution in [2.24, 2.45) is 0 Å². The second kappa shape index (κ2) is 13.1. The maximum Gasteiger partial charge on any atom is 0.407 e. The molecule has 0 saturated heterocycles. The molecule has 0 radical (unpaired) electrons. The fourth-order valence-electron chi connectivity index (χ4n) is 3.70. The van der Waals surface area contributed by atoms with Crippen LogP contribution in [0.3, 0.4) is 0 Å². The number of methoxy groups -OCH3 is 1. The number of anilines is 1. The molecular formula is C25H29N4O5S2-. The molecule has 1 heterocycles. The SMILES string of the molecule is CCc1nc([C@H](Cc2ccc(NS(=O)[O-])cc2)NC(=O)[C@H](Cc2ccccc2)NC(=O)OC)sc1C. The van der Waals surface area contributed by atoms with E-state index in [-0.39, 0.29) is 12.3 Å². The number of thiazole rings is 1. The minimum atomic E-state index is -2.41. The molecule has 3 rings (SSSR count). The van der Waals surface area contributed by atoms with Gasteiger partial charge in [0.2, 0.25) is 5.91 Å². The highest BCUT2D eigenvalue weighted by atomic mass is 32.2. The normalized spacial score (nSPS) is 13.3. The van der Waals surface area contributed by atoms with Crippen LogP contribution in [0, 0.1) is 6.92 Å². The third kappa shape index (κ3) is 7.87. The van der Waals surface area contributed by atoms with Crippen LogP contribution in [0.5, 0.6) is 0 Å². The van der Waals surface area contributed by atoms with Crippen molar-refractivity contribution >= 4 is 40.3 Å². The van der Waals surface area contributed by atoms with Crippen molar-refractivity contribution in [2.45, 2.75) is 45.2 Å². The van der Waals surface area contributed by atoms with E-state index in [1.165, 1.54) is 18.4 Å². The molecule has 0 bridgehead atoms. The molecule has 0 spiro atoms. The van der Waals surface area contributed by atoms with Crippen LogP contribution in [0.25, 0.3) is 0 Å². The van der Waals surface area contributed by atoms with Gasteiger partial charge in [-0.25, -0.2) is 9.78 Å². The lowest BCUT2D eigenvalue weighted by Crippen LogP contribution is -2.49. The minimum Gasteiger partial charge on any atom is -0.755 e. The molecule has 0 aliphatic rings. The predicted octanol–water partition coefficient (Wildman–Crippen LogP) is 3.59. The zero-order valence-corrected chi connectivity index (χ0v) is 21.9. The summed E-state index contributed by atoms with van der Waals surface area (Å²) in [6, 6.07) is 15.0. The summed E-state index contributed by atoms with van der Waals surface area (Å²) in [7, 11) is 1.25. The van der Waals surface area contributed by atoms with Crippen LogP contribution in [-0.4, -0.2) is 38.9 Å². The zero-order valence-electron chi connectivity index (χ0n) is 20.3. The Bertz CT molecular complexity index is 1180. The number of rotatable bonds is 11. The predicted molar refractivity (Wildman–Crippen MR) is 139 cm³/mol. The van der Waals surface area contributed by atoms with Gasteiger partial charge in [-0.05, 0) is 43.0 Å². The summed E-state index contributed by atoms with van der Waals surface area (Å²) in [6.45, 7) is 4.03. The third-order valence-corrected chi connectivity index (χ3v) is 7.06. The molecule has 1 unspecified atom stereocenters. The lowest BCUT2D eigenvalue weighted by Gasteiger charge is -2.22. The van der Waals surface area contributed by atoms with Crippen LogP contribution in [0.1, 0.15) is 39.7 Å². The van der Waals surface area contributed by atoms with Crippen LogP contribution in [0.15, 0.2) is 54.6 Å². The van der Waals surface area contributed by atoms with Crippen molar-refractivity contribution in [2.75, 3.05) is 11.8 Å². The maximum absolute atomic E-state index is 13.4. The van der Waals surface area contributed by atoms with Crippen LogP contribution in [0.2, 0.25) is 0 Å². The van der Waals surface area contributed by atoms with E-state index in [4.69, 9.17) is 9.72 Å². The summed E-state index contributed by atoms with van der Waals surface area (Å²) in [6.07, 6.45) is 0.799. The number of carbonyl (C=O) groups excluding carboxylic acids is 2. The number of aromatic nitrogens is 1. The first-order chi connectivity index (χ1) is 17.3. The van der Waals surface area contributed by atoms with Crippen LogP contribution in [-0.2, 0) is 40.1 Å². The topological polar surface area (TPSA) is 132 Å². The summed E-state index contributed by atoms with van der Waals surface area (Å²) < 4.78 is 28.8. The number of nitrogens with zero attached hydrogens (tertiary/aromatic N) is 1.